The van der Waals surface area contributed by atoms with Crippen molar-refractivity contribution in [3.05, 3.63) is 16.1 Å². The third-order valence-electron chi connectivity index (χ3n) is 2.92. The number of ether oxygens (including phenoxy) is 1. The summed E-state index contributed by atoms with van der Waals surface area (Å²) in [6, 6.07) is 0. The topological polar surface area (TPSA) is 49.8 Å². The van der Waals surface area contributed by atoms with E-state index in [4.69, 9.17) is 4.74 Å². The van der Waals surface area contributed by atoms with Gasteiger partial charge in [0.05, 0.1) is 17.2 Å². The fourth-order valence-electron chi connectivity index (χ4n) is 1.94. The third-order valence-corrected chi connectivity index (χ3v) is 3.74. The summed E-state index contributed by atoms with van der Waals surface area (Å²) in [5.41, 5.74) is 1.09. The molecule has 1 rings (SSSR count). The number of aryl methyl sites for hydroxylation is 1. The van der Waals surface area contributed by atoms with Crippen LogP contribution in [0.25, 0.3) is 0 Å². The van der Waals surface area contributed by atoms with Crippen molar-refractivity contribution < 1.29 is 4.74 Å². The zero-order chi connectivity index (χ0) is 16.4. The van der Waals surface area contributed by atoms with E-state index in [1.807, 2.05) is 14.0 Å². The fraction of sp³-hybridized carbons (Fsp3) is 0.750. The summed E-state index contributed by atoms with van der Waals surface area (Å²) < 4.78 is 5.58. The maximum absolute atomic E-state index is 5.58. The number of thiazole rings is 1. The molecule has 134 valence electrons. The van der Waals surface area contributed by atoms with Crippen LogP contribution >= 0.6 is 35.3 Å². The Morgan fingerprint density at radius 3 is 2.78 bits per heavy atom. The second-order valence-electron chi connectivity index (χ2n) is 5.77. The first kappa shape index (κ1) is 22.6. The average Bonchev–Trinajstić information content (AvgIpc) is 2.86. The fourth-order valence-corrected chi connectivity index (χ4v) is 2.54. The SMILES string of the molecule is CCNC(=NCCCOCC(C)C)N(C)Cc1csc(C)n1.I. The molecule has 1 aromatic rings. The van der Waals surface area contributed by atoms with E-state index in [1.54, 1.807) is 11.3 Å². The lowest BCUT2D eigenvalue weighted by molar-refractivity contribution is 0.109. The Morgan fingerprint density at radius 2 is 2.22 bits per heavy atom. The van der Waals surface area contributed by atoms with Gasteiger partial charge in [-0.2, -0.15) is 0 Å². The highest BCUT2D eigenvalue weighted by atomic mass is 127. The molecule has 7 heteroatoms. The number of rotatable bonds is 9. The molecule has 1 heterocycles. The highest BCUT2D eigenvalue weighted by Gasteiger charge is 2.08. The van der Waals surface area contributed by atoms with Crippen LogP contribution in [-0.4, -0.2) is 49.2 Å². The Kier molecular flexibility index (Phi) is 12.7. The molecule has 0 unspecified atom stereocenters. The van der Waals surface area contributed by atoms with Gasteiger partial charge in [-0.3, -0.25) is 4.99 Å². The number of hydrogen-bond acceptors (Lipinski definition) is 4. The highest BCUT2D eigenvalue weighted by Crippen LogP contribution is 2.09. The van der Waals surface area contributed by atoms with Gasteiger partial charge in [0.15, 0.2) is 5.96 Å². The maximum atomic E-state index is 5.58. The van der Waals surface area contributed by atoms with Crippen LogP contribution in [0, 0.1) is 12.8 Å². The van der Waals surface area contributed by atoms with Crippen LogP contribution in [0.2, 0.25) is 0 Å². The molecule has 0 aliphatic rings. The number of nitrogens with zero attached hydrogens (tertiary/aromatic N) is 3. The lowest BCUT2D eigenvalue weighted by Crippen LogP contribution is -2.38. The lowest BCUT2D eigenvalue weighted by Gasteiger charge is -2.21. The number of aliphatic imine (C=N–C) groups is 1. The minimum absolute atomic E-state index is 0. The molecule has 0 radical (unpaired) electrons. The molecular formula is C16H31IN4OS. The van der Waals surface area contributed by atoms with Crippen molar-refractivity contribution in [2.45, 2.75) is 40.7 Å². The van der Waals surface area contributed by atoms with Gasteiger partial charge in [0.25, 0.3) is 0 Å². The summed E-state index contributed by atoms with van der Waals surface area (Å²) in [6.07, 6.45) is 0.950. The van der Waals surface area contributed by atoms with Crippen LogP contribution in [0.5, 0.6) is 0 Å². The molecule has 0 fully saturated rings. The molecule has 0 atom stereocenters. The Morgan fingerprint density at radius 1 is 1.48 bits per heavy atom. The number of halogens is 1. The van der Waals surface area contributed by atoms with E-state index in [9.17, 15) is 0 Å². The zero-order valence-electron chi connectivity index (χ0n) is 15.0. The normalized spacial score (nSPS) is 11.5. The molecule has 0 bridgehead atoms. The Balaban J connectivity index is 0.00000484. The summed E-state index contributed by atoms with van der Waals surface area (Å²) in [5.74, 6) is 1.52. The molecule has 0 aliphatic carbocycles. The van der Waals surface area contributed by atoms with Crippen LogP contribution in [0.1, 0.15) is 37.9 Å². The second-order valence-corrected chi connectivity index (χ2v) is 6.83. The monoisotopic (exact) mass is 454 g/mol. The molecular weight excluding hydrogens is 423 g/mol. The quantitative estimate of drug-likeness (QED) is 0.269. The smallest absolute Gasteiger partial charge is 0.194 e. The van der Waals surface area contributed by atoms with Crippen LogP contribution in [0.15, 0.2) is 10.4 Å². The van der Waals surface area contributed by atoms with Gasteiger partial charge in [-0.05, 0) is 26.2 Å². The van der Waals surface area contributed by atoms with Gasteiger partial charge in [0.1, 0.15) is 0 Å². The van der Waals surface area contributed by atoms with Crippen LogP contribution in [-0.2, 0) is 11.3 Å². The van der Waals surface area contributed by atoms with Crippen LogP contribution in [0.3, 0.4) is 0 Å². The standard InChI is InChI=1S/C16H30N4OS.HI/c1-6-17-16(18-8-7-9-21-11-13(2)3)20(5)10-15-12-22-14(4)19-15;/h12-13H,6-11H2,1-5H3,(H,17,18);1H. The number of guanidine groups is 1. The molecule has 1 N–H and O–H groups in total. The summed E-state index contributed by atoms with van der Waals surface area (Å²) in [5, 5.41) is 6.54. The zero-order valence-corrected chi connectivity index (χ0v) is 18.1. The molecule has 0 aromatic carbocycles. The van der Waals surface area contributed by atoms with Crippen molar-refractivity contribution in [2.75, 3.05) is 33.4 Å². The van der Waals surface area contributed by atoms with Gasteiger partial charge in [0.2, 0.25) is 0 Å². The van der Waals surface area contributed by atoms with E-state index >= 15 is 0 Å². The van der Waals surface area contributed by atoms with Gasteiger partial charge in [0, 0.05) is 38.7 Å². The highest BCUT2D eigenvalue weighted by molar-refractivity contribution is 14.0. The first-order valence-corrected chi connectivity index (χ1v) is 8.89. The van der Waals surface area contributed by atoms with Crippen molar-refractivity contribution in [3.63, 3.8) is 0 Å². The summed E-state index contributed by atoms with van der Waals surface area (Å²) in [6.45, 7) is 12.5. The molecule has 0 amide bonds. The summed E-state index contributed by atoms with van der Waals surface area (Å²) >= 11 is 1.69. The Labute approximate surface area is 161 Å². The first-order chi connectivity index (χ1) is 10.5. The minimum atomic E-state index is 0. The molecule has 0 saturated carbocycles. The predicted octanol–water partition coefficient (Wildman–Crippen LogP) is 3.53. The van der Waals surface area contributed by atoms with Crippen molar-refractivity contribution in [2.24, 2.45) is 10.9 Å². The third kappa shape index (κ3) is 10.1. The average molecular weight is 454 g/mol. The van der Waals surface area contributed by atoms with E-state index in [0.717, 1.165) is 55.9 Å². The molecule has 0 aliphatic heterocycles. The van der Waals surface area contributed by atoms with E-state index in [1.165, 1.54) is 0 Å². The number of aromatic nitrogens is 1. The number of hydrogen-bond donors (Lipinski definition) is 1. The van der Waals surface area contributed by atoms with Gasteiger partial charge in [-0.25, -0.2) is 4.98 Å². The Bertz CT molecular complexity index is 451. The van der Waals surface area contributed by atoms with Crippen molar-refractivity contribution in [1.29, 1.82) is 0 Å². The second kappa shape index (κ2) is 12.9. The van der Waals surface area contributed by atoms with E-state index in [2.05, 4.69) is 46.3 Å². The predicted molar refractivity (Wildman–Crippen MR) is 110 cm³/mol. The maximum Gasteiger partial charge on any atom is 0.194 e. The lowest BCUT2D eigenvalue weighted by atomic mass is 10.2. The van der Waals surface area contributed by atoms with Gasteiger partial charge in [-0.1, -0.05) is 13.8 Å². The van der Waals surface area contributed by atoms with E-state index < -0.39 is 0 Å². The van der Waals surface area contributed by atoms with E-state index in [0.29, 0.717) is 5.92 Å². The van der Waals surface area contributed by atoms with Crippen molar-refractivity contribution >= 4 is 41.3 Å². The first-order valence-electron chi connectivity index (χ1n) is 8.01. The minimum Gasteiger partial charge on any atom is -0.381 e. The number of nitrogens with one attached hydrogen (secondary N) is 1. The molecule has 5 nitrogen and oxygen atoms in total. The Hall–Kier alpha value is -0.410. The van der Waals surface area contributed by atoms with E-state index in [-0.39, 0.29) is 24.0 Å². The summed E-state index contributed by atoms with van der Waals surface area (Å²) in [7, 11) is 2.05. The molecule has 0 spiro atoms. The van der Waals surface area contributed by atoms with Crippen molar-refractivity contribution in [1.82, 2.24) is 15.2 Å². The van der Waals surface area contributed by atoms with Gasteiger partial charge >= 0.3 is 0 Å². The van der Waals surface area contributed by atoms with Gasteiger partial charge in [-0.15, -0.1) is 35.3 Å². The molecule has 23 heavy (non-hydrogen) atoms. The largest absolute Gasteiger partial charge is 0.381 e. The van der Waals surface area contributed by atoms with Crippen LogP contribution in [0.4, 0.5) is 0 Å². The molecule has 0 saturated heterocycles. The van der Waals surface area contributed by atoms with Crippen LogP contribution < -0.4 is 5.32 Å². The van der Waals surface area contributed by atoms with Gasteiger partial charge < -0.3 is 15.0 Å². The van der Waals surface area contributed by atoms with Crippen molar-refractivity contribution in [3.8, 4) is 0 Å². The molecule has 1 aromatic heterocycles. The summed E-state index contributed by atoms with van der Waals surface area (Å²) in [4.78, 5) is 11.3.